The molecule has 2 fully saturated rings. The molecule has 2 aliphatic rings. The van der Waals surface area contributed by atoms with Crippen LogP contribution in [-0.2, 0) is 4.74 Å². The number of carbonyl (C=O) groups is 1. The van der Waals surface area contributed by atoms with Crippen LogP contribution in [-0.4, -0.2) is 41.1 Å². The molecular weight excluding hydrogens is 252 g/mol. The van der Waals surface area contributed by atoms with E-state index in [9.17, 15) is 4.79 Å². The zero-order valence-electron chi connectivity index (χ0n) is 10.0. The molecule has 0 spiro atoms. The Hall–Kier alpha value is -1.13. The van der Waals surface area contributed by atoms with E-state index in [-0.39, 0.29) is 18.1 Å². The number of fused-ring (bicyclic) bond motifs is 1. The number of pyridine rings is 1. The quantitative estimate of drug-likeness (QED) is 0.732. The molecular formula is C13H15ClN2O2. The average Bonchev–Trinajstić information content (AvgIpc) is 2.86. The highest BCUT2D eigenvalue weighted by atomic mass is 35.5. The lowest BCUT2D eigenvalue weighted by molar-refractivity contribution is -0.0447. The van der Waals surface area contributed by atoms with Crippen molar-refractivity contribution in [1.82, 2.24) is 9.88 Å². The average molecular weight is 267 g/mol. The van der Waals surface area contributed by atoms with Crippen LogP contribution >= 0.6 is 11.6 Å². The monoisotopic (exact) mass is 266 g/mol. The minimum absolute atomic E-state index is 0.0299. The van der Waals surface area contributed by atoms with E-state index in [1.54, 1.807) is 18.2 Å². The molecule has 1 aromatic rings. The normalized spacial score (nSPS) is 27.1. The largest absolute Gasteiger partial charge is 0.374 e. The summed E-state index contributed by atoms with van der Waals surface area (Å²) in [4.78, 5) is 18.4. The summed E-state index contributed by atoms with van der Waals surface area (Å²) in [6.07, 6.45) is 3.41. The molecule has 3 rings (SSSR count). The molecule has 2 heterocycles. The fraction of sp³-hybridized carbons (Fsp3) is 0.538. The lowest BCUT2D eigenvalue weighted by Gasteiger charge is -2.37. The van der Waals surface area contributed by atoms with Crippen molar-refractivity contribution < 1.29 is 9.53 Å². The second-order valence-corrected chi connectivity index (χ2v) is 5.14. The third kappa shape index (κ3) is 2.10. The van der Waals surface area contributed by atoms with Gasteiger partial charge in [-0.25, -0.2) is 4.98 Å². The molecule has 1 aliphatic carbocycles. The third-order valence-corrected chi connectivity index (χ3v) is 3.89. The van der Waals surface area contributed by atoms with Gasteiger partial charge in [-0.3, -0.25) is 4.79 Å². The Morgan fingerprint density at radius 1 is 1.44 bits per heavy atom. The van der Waals surface area contributed by atoms with Gasteiger partial charge in [0, 0.05) is 6.54 Å². The SMILES string of the molecule is O=C(c1cccc(Cl)n1)N1CCOC2CCCC21. The molecule has 1 aliphatic heterocycles. The summed E-state index contributed by atoms with van der Waals surface area (Å²) in [6, 6.07) is 5.37. The molecule has 0 bridgehead atoms. The van der Waals surface area contributed by atoms with E-state index in [0.29, 0.717) is 24.0 Å². The van der Waals surface area contributed by atoms with Gasteiger partial charge in [-0.1, -0.05) is 17.7 Å². The molecule has 1 saturated carbocycles. The predicted octanol–water partition coefficient (Wildman–Crippen LogP) is 2.13. The highest BCUT2D eigenvalue weighted by Gasteiger charge is 2.38. The van der Waals surface area contributed by atoms with Crippen molar-refractivity contribution in [2.24, 2.45) is 0 Å². The number of amides is 1. The first kappa shape index (κ1) is 11.9. The third-order valence-electron chi connectivity index (χ3n) is 3.68. The van der Waals surface area contributed by atoms with E-state index in [1.165, 1.54) is 0 Å². The minimum Gasteiger partial charge on any atom is -0.374 e. The number of halogens is 1. The standard InChI is InChI=1S/C13H15ClN2O2/c14-12-6-1-3-9(15-12)13(17)16-7-8-18-11-5-2-4-10(11)16/h1,3,6,10-11H,2,4-5,7-8H2. The maximum atomic E-state index is 12.4. The first-order valence-electron chi connectivity index (χ1n) is 6.31. The second-order valence-electron chi connectivity index (χ2n) is 4.75. The van der Waals surface area contributed by atoms with E-state index in [0.717, 1.165) is 19.3 Å². The van der Waals surface area contributed by atoms with Gasteiger partial charge >= 0.3 is 0 Å². The van der Waals surface area contributed by atoms with Crippen LogP contribution in [0.25, 0.3) is 0 Å². The van der Waals surface area contributed by atoms with Crippen LogP contribution in [0.3, 0.4) is 0 Å². The van der Waals surface area contributed by atoms with Crippen LogP contribution in [0.1, 0.15) is 29.8 Å². The summed E-state index contributed by atoms with van der Waals surface area (Å²) in [5.41, 5.74) is 0.426. The summed E-state index contributed by atoms with van der Waals surface area (Å²) in [6.45, 7) is 1.27. The fourth-order valence-corrected chi connectivity index (χ4v) is 3.02. The van der Waals surface area contributed by atoms with E-state index in [2.05, 4.69) is 4.98 Å². The van der Waals surface area contributed by atoms with Gasteiger partial charge < -0.3 is 9.64 Å². The van der Waals surface area contributed by atoms with Gasteiger partial charge in [0.1, 0.15) is 10.8 Å². The number of nitrogens with zero attached hydrogens (tertiary/aromatic N) is 2. The predicted molar refractivity (Wildman–Crippen MR) is 67.7 cm³/mol. The highest BCUT2D eigenvalue weighted by molar-refractivity contribution is 6.29. The van der Waals surface area contributed by atoms with Gasteiger partial charge in [0.2, 0.25) is 0 Å². The van der Waals surface area contributed by atoms with E-state index in [4.69, 9.17) is 16.3 Å². The Labute approximate surface area is 111 Å². The number of carbonyl (C=O) groups excluding carboxylic acids is 1. The summed E-state index contributed by atoms with van der Waals surface area (Å²) < 4.78 is 5.70. The molecule has 1 saturated heterocycles. The molecule has 1 amide bonds. The van der Waals surface area contributed by atoms with Crippen LogP contribution in [0.5, 0.6) is 0 Å². The summed E-state index contributed by atoms with van der Waals surface area (Å²) in [5.74, 6) is -0.0299. The van der Waals surface area contributed by atoms with Crippen molar-refractivity contribution in [3.8, 4) is 0 Å². The number of morpholine rings is 1. The second kappa shape index (κ2) is 4.86. The topological polar surface area (TPSA) is 42.4 Å². The van der Waals surface area contributed by atoms with Crippen molar-refractivity contribution in [2.75, 3.05) is 13.2 Å². The summed E-state index contributed by atoms with van der Waals surface area (Å²) in [7, 11) is 0. The van der Waals surface area contributed by atoms with Gasteiger partial charge in [-0.15, -0.1) is 0 Å². The first-order chi connectivity index (χ1) is 8.75. The zero-order valence-corrected chi connectivity index (χ0v) is 10.8. The molecule has 18 heavy (non-hydrogen) atoms. The first-order valence-corrected chi connectivity index (χ1v) is 6.68. The molecule has 0 N–H and O–H groups in total. The number of hydrogen-bond acceptors (Lipinski definition) is 3. The number of rotatable bonds is 1. The molecule has 0 radical (unpaired) electrons. The van der Waals surface area contributed by atoms with E-state index >= 15 is 0 Å². The van der Waals surface area contributed by atoms with Crippen molar-refractivity contribution in [3.05, 3.63) is 29.0 Å². The van der Waals surface area contributed by atoms with E-state index < -0.39 is 0 Å². The van der Waals surface area contributed by atoms with Crippen molar-refractivity contribution in [3.63, 3.8) is 0 Å². The summed E-state index contributed by atoms with van der Waals surface area (Å²) in [5, 5.41) is 0.358. The van der Waals surface area contributed by atoms with Crippen LogP contribution in [0, 0.1) is 0 Å². The Kier molecular flexibility index (Phi) is 3.22. The van der Waals surface area contributed by atoms with Gasteiger partial charge in [0.25, 0.3) is 5.91 Å². The van der Waals surface area contributed by atoms with Gasteiger partial charge in [-0.2, -0.15) is 0 Å². The van der Waals surface area contributed by atoms with Gasteiger partial charge in [-0.05, 0) is 31.4 Å². The Bertz CT molecular complexity index is 466. The zero-order chi connectivity index (χ0) is 12.5. The van der Waals surface area contributed by atoms with Crippen molar-refractivity contribution in [1.29, 1.82) is 0 Å². The maximum Gasteiger partial charge on any atom is 0.272 e. The van der Waals surface area contributed by atoms with Crippen molar-refractivity contribution >= 4 is 17.5 Å². The number of ether oxygens (including phenoxy) is 1. The van der Waals surface area contributed by atoms with Gasteiger partial charge in [0.05, 0.1) is 18.8 Å². The fourth-order valence-electron chi connectivity index (χ4n) is 2.85. The molecule has 2 unspecified atom stereocenters. The van der Waals surface area contributed by atoms with E-state index in [1.807, 2.05) is 4.90 Å². The summed E-state index contributed by atoms with van der Waals surface area (Å²) >= 11 is 5.83. The smallest absolute Gasteiger partial charge is 0.272 e. The molecule has 2 atom stereocenters. The molecule has 96 valence electrons. The molecule has 4 nitrogen and oxygen atoms in total. The van der Waals surface area contributed by atoms with Gasteiger partial charge in [0.15, 0.2) is 0 Å². The minimum atomic E-state index is -0.0299. The van der Waals surface area contributed by atoms with Crippen LogP contribution in [0.15, 0.2) is 18.2 Å². The van der Waals surface area contributed by atoms with Crippen LogP contribution in [0.2, 0.25) is 5.15 Å². The lowest BCUT2D eigenvalue weighted by Crippen LogP contribution is -2.51. The van der Waals surface area contributed by atoms with Crippen molar-refractivity contribution in [2.45, 2.75) is 31.4 Å². The maximum absolute atomic E-state index is 12.4. The molecule has 1 aromatic heterocycles. The number of hydrogen-bond donors (Lipinski definition) is 0. The Morgan fingerprint density at radius 3 is 3.17 bits per heavy atom. The van der Waals surface area contributed by atoms with Crippen LogP contribution < -0.4 is 0 Å². The molecule has 0 aromatic carbocycles. The molecule has 5 heteroatoms. The Balaban J connectivity index is 1.83. The Morgan fingerprint density at radius 2 is 2.33 bits per heavy atom. The van der Waals surface area contributed by atoms with Crippen LogP contribution in [0.4, 0.5) is 0 Å². The number of aromatic nitrogens is 1. The highest BCUT2D eigenvalue weighted by Crippen LogP contribution is 2.30. The lowest BCUT2D eigenvalue weighted by atomic mass is 10.1.